The Labute approximate surface area is 148 Å². The van der Waals surface area contributed by atoms with Gasteiger partial charge in [-0.15, -0.1) is 0 Å². The second kappa shape index (κ2) is 7.80. The van der Waals surface area contributed by atoms with Crippen LogP contribution in [0, 0.1) is 10.1 Å². The SMILES string of the molecule is O=[N+]([O-])c1ccc(S(=O)(=O)CC(CN2CCCC2)N2CCCC2)cc1. The van der Waals surface area contributed by atoms with Crippen LogP contribution in [0.2, 0.25) is 0 Å². The number of sulfone groups is 1. The molecule has 0 aliphatic carbocycles. The second-order valence-electron chi connectivity index (χ2n) is 6.94. The molecule has 0 amide bonds. The van der Waals surface area contributed by atoms with Gasteiger partial charge < -0.3 is 4.90 Å². The zero-order chi connectivity index (χ0) is 17.9. The van der Waals surface area contributed by atoms with E-state index in [0.29, 0.717) is 0 Å². The largest absolute Gasteiger partial charge is 0.302 e. The van der Waals surface area contributed by atoms with E-state index in [2.05, 4.69) is 9.80 Å². The molecule has 0 saturated carbocycles. The van der Waals surface area contributed by atoms with Gasteiger partial charge in [0.05, 0.1) is 15.6 Å². The lowest BCUT2D eigenvalue weighted by Gasteiger charge is -2.31. The molecule has 1 atom stereocenters. The molecule has 3 rings (SSSR count). The van der Waals surface area contributed by atoms with Crippen LogP contribution >= 0.6 is 0 Å². The molecule has 2 aliphatic rings. The fourth-order valence-corrected chi connectivity index (χ4v) is 5.33. The highest BCUT2D eigenvalue weighted by Gasteiger charge is 2.30. The molecule has 0 bridgehead atoms. The van der Waals surface area contributed by atoms with Crippen LogP contribution in [-0.4, -0.2) is 67.7 Å². The number of likely N-dealkylation sites (tertiary alicyclic amines) is 2. The molecular formula is C17H25N3O4S. The van der Waals surface area contributed by atoms with E-state index in [1.54, 1.807) is 0 Å². The van der Waals surface area contributed by atoms with Crippen molar-refractivity contribution < 1.29 is 13.3 Å². The molecule has 0 aromatic heterocycles. The normalized spacial score (nSPS) is 20.8. The monoisotopic (exact) mass is 367 g/mol. The van der Waals surface area contributed by atoms with Crippen molar-refractivity contribution in [3.05, 3.63) is 34.4 Å². The molecule has 0 radical (unpaired) electrons. The molecule has 1 unspecified atom stereocenters. The fraction of sp³-hybridized carbons (Fsp3) is 0.647. The summed E-state index contributed by atoms with van der Waals surface area (Å²) in [4.78, 5) is 15.1. The molecule has 1 aromatic rings. The topological polar surface area (TPSA) is 83.8 Å². The van der Waals surface area contributed by atoms with Gasteiger partial charge in [-0.3, -0.25) is 15.0 Å². The first-order valence-electron chi connectivity index (χ1n) is 8.89. The highest BCUT2D eigenvalue weighted by molar-refractivity contribution is 7.91. The van der Waals surface area contributed by atoms with Crippen molar-refractivity contribution in [2.24, 2.45) is 0 Å². The van der Waals surface area contributed by atoms with Crippen LogP contribution in [0.15, 0.2) is 29.2 Å². The summed E-state index contributed by atoms with van der Waals surface area (Å²) in [6.45, 7) is 4.78. The standard InChI is InChI=1S/C17H25N3O4S/c21-20(22)15-5-7-17(8-6-15)25(23,24)14-16(19-11-3-4-12-19)13-18-9-1-2-10-18/h5-8,16H,1-4,9-14H2. The third-order valence-electron chi connectivity index (χ3n) is 5.14. The maximum absolute atomic E-state index is 12.8. The summed E-state index contributed by atoms with van der Waals surface area (Å²) < 4.78 is 25.7. The molecule has 0 N–H and O–H groups in total. The number of rotatable bonds is 7. The molecule has 138 valence electrons. The van der Waals surface area contributed by atoms with E-state index in [1.807, 2.05) is 0 Å². The van der Waals surface area contributed by atoms with E-state index in [-0.39, 0.29) is 22.4 Å². The van der Waals surface area contributed by atoms with Crippen molar-refractivity contribution in [3.8, 4) is 0 Å². The van der Waals surface area contributed by atoms with E-state index in [4.69, 9.17) is 0 Å². The van der Waals surface area contributed by atoms with Crippen LogP contribution < -0.4 is 0 Å². The van der Waals surface area contributed by atoms with Gasteiger partial charge in [-0.25, -0.2) is 8.42 Å². The van der Waals surface area contributed by atoms with E-state index >= 15 is 0 Å². The summed E-state index contributed by atoms with van der Waals surface area (Å²) >= 11 is 0. The fourth-order valence-electron chi connectivity index (χ4n) is 3.77. The number of nitro groups is 1. The third kappa shape index (κ3) is 4.56. The van der Waals surface area contributed by atoms with Crippen molar-refractivity contribution in [1.29, 1.82) is 0 Å². The maximum Gasteiger partial charge on any atom is 0.269 e. The lowest BCUT2D eigenvalue weighted by Crippen LogP contribution is -2.46. The number of nitro benzene ring substituents is 1. The Morgan fingerprint density at radius 3 is 2.12 bits per heavy atom. The van der Waals surface area contributed by atoms with Gasteiger partial charge in [0.2, 0.25) is 0 Å². The van der Waals surface area contributed by atoms with Gasteiger partial charge in [-0.1, -0.05) is 0 Å². The van der Waals surface area contributed by atoms with Crippen molar-refractivity contribution in [1.82, 2.24) is 9.80 Å². The van der Waals surface area contributed by atoms with Gasteiger partial charge >= 0.3 is 0 Å². The molecule has 2 fully saturated rings. The second-order valence-corrected chi connectivity index (χ2v) is 8.97. The number of benzene rings is 1. The van der Waals surface area contributed by atoms with Gasteiger partial charge in [-0.2, -0.15) is 0 Å². The minimum atomic E-state index is -3.47. The van der Waals surface area contributed by atoms with Crippen LogP contribution in [0.1, 0.15) is 25.7 Å². The van der Waals surface area contributed by atoms with Crippen LogP contribution in [0.5, 0.6) is 0 Å². The lowest BCUT2D eigenvalue weighted by atomic mass is 10.2. The van der Waals surface area contributed by atoms with E-state index < -0.39 is 14.8 Å². The first-order chi connectivity index (χ1) is 12.0. The summed E-state index contributed by atoms with van der Waals surface area (Å²) in [6, 6.07) is 5.21. The molecule has 0 spiro atoms. The molecule has 1 aromatic carbocycles. The molecule has 2 aliphatic heterocycles. The summed E-state index contributed by atoms with van der Waals surface area (Å²) in [7, 11) is -3.47. The van der Waals surface area contributed by atoms with Crippen LogP contribution in [0.25, 0.3) is 0 Å². The summed E-state index contributed by atoms with van der Waals surface area (Å²) in [6.07, 6.45) is 4.60. The van der Waals surface area contributed by atoms with Crippen molar-refractivity contribution in [3.63, 3.8) is 0 Å². The number of nitrogens with zero attached hydrogens (tertiary/aromatic N) is 3. The van der Waals surface area contributed by atoms with Crippen LogP contribution in [0.3, 0.4) is 0 Å². The molecule has 2 heterocycles. The number of non-ortho nitro benzene ring substituents is 1. The Morgan fingerprint density at radius 1 is 1.00 bits per heavy atom. The van der Waals surface area contributed by atoms with E-state index in [1.165, 1.54) is 37.1 Å². The molecule has 25 heavy (non-hydrogen) atoms. The summed E-state index contributed by atoms with van der Waals surface area (Å²) in [5.74, 6) is 0.0707. The zero-order valence-electron chi connectivity index (χ0n) is 14.3. The van der Waals surface area contributed by atoms with Crippen molar-refractivity contribution >= 4 is 15.5 Å². The predicted octanol–water partition coefficient (Wildman–Crippen LogP) is 1.93. The quantitative estimate of drug-likeness (QED) is 0.541. The molecule has 2 saturated heterocycles. The Bertz CT molecular complexity index is 693. The Kier molecular flexibility index (Phi) is 5.71. The Hall–Kier alpha value is -1.51. The summed E-state index contributed by atoms with van der Waals surface area (Å²) in [5, 5.41) is 10.8. The minimum Gasteiger partial charge on any atom is -0.302 e. The average Bonchev–Trinajstić information content (AvgIpc) is 3.28. The van der Waals surface area contributed by atoms with Gasteiger partial charge in [0.1, 0.15) is 0 Å². The third-order valence-corrected chi connectivity index (χ3v) is 6.96. The Morgan fingerprint density at radius 2 is 1.56 bits per heavy atom. The van der Waals surface area contributed by atoms with Crippen molar-refractivity contribution in [2.75, 3.05) is 38.5 Å². The van der Waals surface area contributed by atoms with Crippen LogP contribution in [0.4, 0.5) is 5.69 Å². The zero-order valence-corrected chi connectivity index (χ0v) is 15.2. The van der Waals surface area contributed by atoms with Crippen molar-refractivity contribution in [2.45, 2.75) is 36.6 Å². The highest BCUT2D eigenvalue weighted by atomic mass is 32.2. The van der Waals surface area contributed by atoms with E-state index in [0.717, 1.165) is 45.6 Å². The van der Waals surface area contributed by atoms with Gasteiger partial charge in [0.25, 0.3) is 5.69 Å². The highest BCUT2D eigenvalue weighted by Crippen LogP contribution is 2.22. The molecule has 8 heteroatoms. The number of hydrogen-bond donors (Lipinski definition) is 0. The van der Waals surface area contributed by atoms with Crippen LogP contribution in [-0.2, 0) is 9.84 Å². The molecule has 7 nitrogen and oxygen atoms in total. The molecular weight excluding hydrogens is 342 g/mol. The van der Waals surface area contributed by atoms with Gasteiger partial charge in [0, 0.05) is 24.7 Å². The maximum atomic E-state index is 12.8. The van der Waals surface area contributed by atoms with Gasteiger partial charge in [0.15, 0.2) is 9.84 Å². The Balaban J connectivity index is 1.75. The minimum absolute atomic E-state index is 0.0132. The number of hydrogen-bond acceptors (Lipinski definition) is 6. The average molecular weight is 367 g/mol. The van der Waals surface area contributed by atoms with Gasteiger partial charge in [-0.05, 0) is 64.0 Å². The first-order valence-corrected chi connectivity index (χ1v) is 10.5. The van der Waals surface area contributed by atoms with E-state index in [9.17, 15) is 18.5 Å². The lowest BCUT2D eigenvalue weighted by molar-refractivity contribution is -0.384. The smallest absolute Gasteiger partial charge is 0.269 e. The summed E-state index contributed by atoms with van der Waals surface area (Å²) in [5.41, 5.74) is -0.0906. The predicted molar refractivity (Wildman–Crippen MR) is 95.4 cm³/mol. The first kappa shape index (κ1) is 18.3.